The lowest BCUT2D eigenvalue weighted by molar-refractivity contribution is -0.134. The lowest BCUT2D eigenvalue weighted by atomic mass is 10.0. The highest BCUT2D eigenvalue weighted by atomic mass is 16.2. The highest BCUT2D eigenvalue weighted by Crippen LogP contribution is 2.21. The van der Waals surface area contributed by atoms with Crippen molar-refractivity contribution < 1.29 is 9.59 Å². The Kier molecular flexibility index (Phi) is 5.20. The Bertz CT molecular complexity index is 342. The van der Waals surface area contributed by atoms with Crippen molar-refractivity contribution in [1.29, 1.82) is 0 Å². The third kappa shape index (κ3) is 3.61. The average Bonchev–Trinajstić information content (AvgIpc) is 2.31. The van der Waals surface area contributed by atoms with Crippen LogP contribution in [-0.2, 0) is 4.79 Å². The summed E-state index contributed by atoms with van der Waals surface area (Å²) in [7, 11) is 3.64. The van der Waals surface area contributed by atoms with Gasteiger partial charge in [0, 0.05) is 39.1 Å². The van der Waals surface area contributed by atoms with Crippen LogP contribution >= 0.6 is 0 Å². The Morgan fingerprint density at radius 2 is 1.79 bits per heavy atom. The van der Waals surface area contributed by atoms with Gasteiger partial charge in [0.05, 0.1) is 6.04 Å². The Labute approximate surface area is 116 Å². The fourth-order valence-electron chi connectivity index (χ4n) is 2.15. The van der Waals surface area contributed by atoms with E-state index in [4.69, 9.17) is 0 Å². The van der Waals surface area contributed by atoms with Crippen molar-refractivity contribution in [1.82, 2.24) is 14.7 Å². The van der Waals surface area contributed by atoms with Gasteiger partial charge in [0.2, 0.25) is 5.91 Å². The minimum absolute atomic E-state index is 0.00701. The summed E-state index contributed by atoms with van der Waals surface area (Å²) < 4.78 is 0. The molecule has 19 heavy (non-hydrogen) atoms. The van der Waals surface area contributed by atoms with E-state index >= 15 is 0 Å². The van der Waals surface area contributed by atoms with Crippen LogP contribution in [0, 0.1) is 5.92 Å². The number of hydrogen-bond donors (Lipinski definition) is 0. The molecule has 110 valence electrons. The van der Waals surface area contributed by atoms with Gasteiger partial charge in [-0.05, 0) is 20.3 Å². The van der Waals surface area contributed by atoms with Gasteiger partial charge in [-0.1, -0.05) is 13.8 Å². The van der Waals surface area contributed by atoms with Gasteiger partial charge in [-0.25, -0.2) is 4.79 Å². The van der Waals surface area contributed by atoms with E-state index in [1.807, 2.05) is 46.7 Å². The molecule has 1 rings (SSSR count). The van der Waals surface area contributed by atoms with Crippen LogP contribution in [-0.4, -0.2) is 65.9 Å². The zero-order chi connectivity index (χ0) is 14.7. The maximum Gasteiger partial charge on any atom is 0.320 e. The first-order valence-electron chi connectivity index (χ1n) is 7.04. The molecule has 0 bridgehead atoms. The number of urea groups is 1. The van der Waals surface area contributed by atoms with Crippen molar-refractivity contribution in [3.05, 3.63) is 0 Å². The van der Waals surface area contributed by atoms with Crippen molar-refractivity contribution in [2.75, 3.05) is 27.2 Å². The van der Waals surface area contributed by atoms with E-state index < -0.39 is 0 Å². The van der Waals surface area contributed by atoms with Crippen LogP contribution in [0.2, 0.25) is 0 Å². The van der Waals surface area contributed by atoms with E-state index in [-0.39, 0.29) is 29.9 Å². The van der Waals surface area contributed by atoms with Gasteiger partial charge in [-0.15, -0.1) is 0 Å². The van der Waals surface area contributed by atoms with Gasteiger partial charge >= 0.3 is 6.03 Å². The van der Waals surface area contributed by atoms with Gasteiger partial charge in [0.15, 0.2) is 0 Å². The van der Waals surface area contributed by atoms with Crippen LogP contribution in [0.5, 0.6) is 0 Å². The van der Waals surface area contributed by atoms with Crippen molar-refractivity contribution in [2.45, 2.75) is 46.2 Å². The molecular formula is C14H27N3O2. The minimum atomic E-state index is 0.00701. The first-order chi connectivity index (χ1) is 8.75. The second kappa shape index (κ2) is 6.26. The van der Waals surface area contributed by atoms with Gasteiger partial charge in [0.1, 0.15) is 0 Å². The van der Waals surface area contributed by atoms with Crippen LogP contribution in [0.3, 0.4) is 0 Å². The van der Waals surface area contributed by atoms with E-state index in [2.05, 4.69) is 0 Å². The molecule has 3 amide bonds. The molecule has 5 heteroatoms. The number of likely N-dealkylation sites (N-methyl/N-ethyl adjacent to an activating group) is 1. The molecule has 1 saturated heterocycles. The number of hydrogen-bond acceptors (Lipinski definition) is 2. The monoisotopic (exact) mass is 269 g/mol. The summed E-state index contributed by atoms with van der Waals surface area (Å²) in [6, 6.07) is 0.432. The molecule has 0 spiro atoms. The zero-order valence-corrected chi connectivity index (χ0v) is 13.0. The standard InChI is InChI=1S/C14H27N3O2/c1-10(2)13(18)15(5)9-12-7-8-17(12)14(19)16(6)11(3)4/h10-12H,7-9H2,1-6H3. The first-order valence-corrected chi connectivity index (χ1v) is 7.04. The molecular weight excluding hydrogens is 242 g/mol. The molecule has 1 aliphatic heterocycles. The summed E-state index contributed by atoms with van der Waals surface area (Å²) in [6.45, 7) is 9.23. The van der Waals surface area contributed by atoms with Gasteiger partial charge in [-0.3, -0.25) is 4.79 Å². The van der Waals surface area contributed by atoms with Crippen LogP contribution in [0.4, 0.5) is 4.79 Å². The van der Waals surface area contributed by atoms with Crippen LogP contribution < -0.4 is 0 Å². The zero-order valence-electron chi connectivity index (χ0n) is 13.0. The van der Waals surface area contributed by atoms with Gasteiger partial charge in [0.25, 0.3) is 0 Å². The molecule has 0 aliphatic carbocycles. The van der Waals surface area contributed by atoms with Crippen LogP contribution in [0.15, 0.2) is 0 Å². The molecule has 1 heterocycles. The van der Waals surface area contributed by atoms with E-state index in [1.54, 1.807) is 9.80 Å². The fourth-order valence-corrected chi connectivity index (χ4v) is 2.15. The predicted molar refractivity (Wildman–Crippen MR) is 75.9 cm³/mol. The number of carbonyl (C=O) groups is 2. The Morgan fingerprint density at radius 1 is 1.21 bits per heavy atom. The molecule has 0 radical (unpaired) electrons. The molecule has 0 N–H and O–H groups in total. The number of amides is 3. The van der Waals surface area contributed by atoms with Crippen molar-refractivity contribution in [3.8, 4) is 0 Å². The third-order valence-corrected chi connectivity index (χ3v) is 3.82. The average molecular weight is 269 g/mol. The lowest BCUT2D eigenvalue weighted by Gasteiger charge is -2.45. The number of rotatable bonds is 4. The van der Waals surface area contributed by atoms with Crippen molar-refractivity contribution in [2.24, 2.45) is 5.92 Å². The van der Waals surface area contributed by atoms with Gasteiger partial charge < -0.3 is 14.7 Å². The summed E-state index contributed by atoms with van der Waals surface area (Å²) in [6.07, 6.45) is 0.980. The highest BCUT2D eigenvalue weighted by molar-refractivity contribution is 5.78. The molecule has 5 nitrogen and oxygen atoms in total. The molecule has 0 aromatic rings. The quantitative estimate of drug-likeness (QED) is 0.778. The van der Waals surface area contributed by atoms with Crippen molar-refractivity contribution >= 4 is 11.9 Å². The maximum atomic E-state index is 12.2. The number of likely N-dealkylation sites (tertiary alicyclic amines) is 1. The van der Waals surface area contributed by atoms with E-state index in [9.17, 15) is 9.59 Å². The molecule has 0 aromatic carbocycles. The molecule has 0 aromatic heterocycles. The molecule has 1 fully saturated rings. The van der Waals surface area contributed by atoms with E-state index in [1.165, 1.54) is 0 Å². The molecule has 1 unspecified atom stereocenters. The molecule has 1 aliphatic rings. The predicted octanol–water partition coefficient (Wildman–Crippen LogP) is 1.64. The Balaban J connectivity index is 2.53. The first kappa shape index (κ1) is 15.8. The van der Waals surface area contributed by atoms with Gasteiger partial charge in [-0.2, -0.15) is 0 Å². The highest BCUT2D eigenvalue weighted by Gasteiger charge is 2.35. The second-order valence-corrected chi connectivity index (χ2v) is 6.00. The fraction of sp³-hybridized carbons (Fsp3) is 0.857. The lowest BCUT2D eigenvalue weighted by Crippen LogP contribution is -2.59. The molecule has 1 atom stereocenters. The summed E-state index contributed by atoms with van der Waals surface area (Å²) in [5, 5.41) is 0. The summed E-state index contributed by atoms with van der Waals surface area (Å²) >= 11 is 0. The summed E-state index contributed by atoms with van der Waals surface area (Å²) in [4.78, 5) is 29.4. The Morgan fingerprint density at radius 3 is 2.16 bits per heavy atom. The second-order valence-electron chi connectivity index (χ2n) is 6.00. The normalized spacial score (nSPS) is 18.5. The summed E-state index contributed by atoms with van der Waals surface area (Å²) in [5.41, 5.74) is 0. The minimum Gasteiger partial charge on any atom is -0.343 e. The van der Waals surface area contributed by atoms with E-state index in [0.29, 0.717) is 6.54 Å². The maximum absolute atomic E-state index is 12.2. The largest absolute Gasteiger partial charge is 0.343 e. The SMILES string of the molecule is CC(C)C(=O)N(C)CC1CCN1C(=O)N(C)C(C)C. The summed E-state index contributed by atoms with van der Waals surface area (Å²) in [5.74, 6) is 0.143. The van der Waals surface area contributed by atoms with E-state index in [0.717, 1.165) is 13.0 Å². The van der Waals surface area contributed by atoms with Crippen LogP contribution in [0.1, 0.15) is 34.1 Å². The van der Waals surface area contributed by atoms with Crippen molar-refractivity contribution in [3.63, 3.8) is 0 Å². The van der Waals surface area contributed by atoms with Crippen LogP contribution in [0.25, 0.3) is 0 Å². The third-order valence-electron chi connectivity index (χ3n) is 3.82. The number of nitrogens with zero attached hydrogens (tertiary/aromatic N) is 3. The smallest absolute Gasteiger partial charge is 0.320 e. The molecule has 0 saturated carbocycles. The topological polar surface area (TPSA) is 43.9 Å². The Hall–Kier alpha value is -1.26. The number of carbonyl (C=O) groups excluding carboxylic acids is 2.